The highest BCUT2D eigenvalue weighted by molar-refractivity contribution is 7.99. The lowest BCUT2D eigenvalue weighted by Crippen LogP contribution is -2.49. The van der Waals surface area contributed by atoms with Gasteiger partial charge in [0.15, 0.2) is 0 Å². The summed E-state index contributed by atoms with van der Waals surface area (Å²) >= 11 is 1.49. The number of thioether (sulfide) groups is 1. The Labute approximate surface area is 94.3 Å². The maximum atomic E-state index is 10.8. The molecule has 0 aromatic carbocycles. The Bertz CT molecular complexity index is 242. The third kappa shape index (κ3) is 5.64. The molecular formula is C9H19N3O2S. The number of carboxylic acid groups (broad SMARTS) is 1. The van der Waals surface area contributed by atoms with Gasteiger partial charge in [0.25, 0.3) is 0 Å². The number of hydrogen-bond donors (Lipinski definition) is 3. The summed E-state index contributed by atoms with van der Waals surface area (Å²) in [4.78, 5) is 14.8. The Hall–Kier alpha value is -0.750. The Morgan fingerprint density at radius 3 is 2.60 bits per heavy atom. The summed E-state index contributed by atoms with van der Waals surface area (Å²) in [5, 5.41) is 8.89. The van der Waals surface area contributed by atoms with Gasteiger partial charge in [0.2, 0.25) is 0 Å². The number of amidine groups is 1. The zero-order chi connectivity index (χ0) is 11.9. The molecule has 0 aromatic heterocycles. The van der Waals surface area contributed by atoms with Crippen LogP contribution < -0.4 is 11.5 Å². The molecule has 5 N–H and O–H groups in total. The number of hydrogen-bond acceptors (Lipinski definition) is 4. The van der Waals surface area contributed by atoms with Gasteiger partial charge in [0, 0.05) is 18.1 Å². The number of rotatable bonds is 7. The van der Waals surface area contributed by atoms with Gasteiger partial charge in [-0.2, -0.15) is 11.8 Å². The van der Waals surface area contributed by atoms with Gasteiger partial charge in [0.1, 0.15) is 5.54 Å². The molecule has 5 nitrogen and oxygen atoms in total. The lowest BCUT2D eigenvalue weighted by molar-refractivity contribution is -0.142. The zero-order valence-electron chi connectivity index (χ0n) is 9.19. The molecule has 0 aromatic rings. The predicted molar refractivity (Wildman–Crippen MR) is 64.3 cm³/mol. The van der Waals surface area contributed by atoms with Gasteiger partial charge in [-0.15, -0.1) is 0 Å². The molecule has 0 bridgehead atoms. The minimum Gasteiger partial charge on any atom is -0.480 e. The maximum absolute atomic E-state index is 10.8. The van der Waals surface area contributed by atoms with E-state index in [4.69, 9.17) is 16.6 Å². The largest absolute Gasteiger partial charge is 0.480 e. The van der Waals surface area contributed by atoms with Crippen LogP contribution in [0.5, 0.6) is 0 Å². The van der Waals surface area contributed by atoms with Crippen LogP contribution >= 0.6 is 11.8 Å². The molecule has 0 heterocycles. The summed E-state index contributed by atoms with van der Waals surface area (Å²) in [7, 11) is 0. The molecule has 0 unspecified atom stereocenters. The average molecular weight is 233 g/mol. The number of carbonyl (C=O) groups is 1. The summed E-state index contributed by atoms with van der Waals surface area (Å²) < 4.78 is 0. The van der Waals surface area contributed by atoms with Crippen molar-refractivity contribution in [3.05, 3.63) is 0 Å². The second-order valence-electron chi connectivity index (χ2n) is 3.39. The summed E-state index contributed by atoms with van der Waals surface area (Å²) in [6, 6.07) is 0. The standard InChI is InChI=1S/C9H19N3O2S/c1-3-9(11,8(13)14)6-15-5-4-12-7(2)10/h3-6,11H2,1-2H3,(H2,10,12)(H,13,14)/t9-/m1/s1. The molecule has 0 aliphatic carbocycles. The van der Waals surface area contributed by atoms with Crippen LogP contribution in [-0.2, 0) is 4.79 Å². The number of carboxylic acids is 1. The number of aliphatic imine (C=N–C) groups is 1. The molecule has 0 amide bonds. The first kappa shape index (κ1) is 14.2. The van der Waals surface area contributed by atoms with Crippen molar-refractivity contribution in [1.29, 1.82) is 0 Å². The molecular weight excluding hydrogens is 214 g/mol. The lowest BCUT2D eigenvalue weighted by Gasteiger charge is -2.21. The van der Waals surface area contributed by atoms with Gasteiger partial charge in [-0.05, 0) is 13.3 Å². The van der Waals surface area contributed by atoms with Crippen LogP contribution in [0.4, 0.5) is 0 Å². The second-order valence-corrected chi connectivity index (χ2v) is 4.50. The predicted octanol–water partition coefficient (Wildman–Crippen LogP) is 0.289. The van der Waals surface area contributed by atoms with Crippen LogP contribution in [0.2, 0.25) is 0 Å². The number of aliphatic carboxylic acids is 1. The summed E-state index contributed by atoms with van der Waals surface area (Å²) in [6.07, 6.45) is 0.425. The highest BCUT2D eigenvalue weighted by Crippen LogP contribution is 2.14. The van der Waals surface area contributed by atoms with Gasteiger partial charge >= 0.3 is 5.97 Å². The van der Waals surface area contributed by atoms with E-state index >= 15 is 0 Å². The van der Waals surface area contributed by atoms with Gasteiger partial charge in [-0.25, -0.2) is 0 Å². The fraction of sp³-hybridized carbons (Fsp3) is 0.778. The van der Waals surface area contributed by atoms with Crippen LogP contribution in [0.1, 0.15) is 20.3 Å². The zero-order valence-corrected chi connectivity index (χ0v) is 10.0. The molecule has 0 spiro atoms. The summed E-state index contributed by atoms with van der Waals surface area (Å²) in [5.41, 5.74) is 9.94. The first-order chi connectivity index (χ1) is 6.92. The normalized spacial score (nSPS) is 16.1. The van der Waals surface area contributed by atoms with Crippen molar-refractivity contribution in [1.82, 2.24) is 0 Å². The first-order valence-corrected chi connectivity index (χ1v) is 5.94. The minimum absolute atomic E-state index is 0.401. The Balaban J connectivity index is 3.84. The Morgan fingerprint density at radius 2 is 2.20 bits per heavy atom. The number of nitrogens with zero attached hydrogens (tertiary/aromatic N) is 1. The topological polar surface area (TPSA) is 102 Å². The van der Waals surface area contributed by atoms with Crippen molar-refractivity contribution in [2.24, 2.45) is 16.5 Å². The van der Waals surface area contributed by atoms with E-state index in [0.717, 1.165) is 5.75 Å². The molecule has 0 saturated heterocycles. The molecule has 15 heavy (non-hydrogen) atoms. The summed E-state index contributed by atoms with van der Waals surface area (Å²) in [5.74, 6) is 0.734. The first-order valence-electron chi connectivity index (χ1n) is 4.79. The van der Waals surface area contributed by atoms with E-state index in [1.165, 1.54) is 11.8 Å². The molecule has 0 fully saturated rings. The van der Waals surface area contributed by atoms with Gasteiger partial charge in [0.05, 0.1) is 5.84 Å². The van der Waals surface area contributed by atoms with Crippen molar-refractivity contribution in [2.75, 3.05) is 18.1 Å². The van der Waals surface area contributed by atoms with Crippen LogP contribution in [-0.4, -0.2) is 40.5 Å². The smallest absolute Gasteiger partial charge is 0.324 e. The SMILES string of the molecule is CC[C@@](N)(CSCCN=C(C)N)C(=O)O. The fourth-order valence-electron chi connectivity index (χ4n) is 0.856. The van der Waals surface area contributed by atoms with Crippen LogP contribution in [0, 0.1) is 0 Å². The van der Waals surface area contributed by atoms with Crippen molar-refractivity contribution >= 4 is 23.6 Å². The molecule has 0 radical (unpaired) electrons. The van der Waals surface area contributed by atoms with Gasteiger partial charge in [-0.1, -0.05) is 6.92 Å². The summed E-state index contributed by atoms with van der Waals surface area (Å²) in [6.45, 7) is 4.10. The Morgan fingerprint density at radius 1 is 1.60 bits per heavy atom. The highest BCUT2D eigenvalue weighted by Gasteiger charge is 2.31. The third-order valence-electron chi connectivity index (χ3n) is 2.01. The van der Waals surface area contributed by atoms with E-state index in [1.807, 2.05) is 0 Å². The second kappa shape index (κ2) is 6.68. The molecule has 0 aliphatic rings. The van der Waals surface area contributed by atoms with E-state index in [1.54, 1.807) is 13.8 Å². The molecule has 0 saturated carbocycles. The molecule has 0 rings (SSSR count). The van der Waals surface area contributed by atoms with Crippen LogP contribution in [0.3, 0.4) is 0 Å². The monoisotopic (exact) mass is 233 g/mol. The average Bonchev–Trinajstić information content (AvgIpc) is 2.16. The third-order valence-corrected chi connectivity index (χ3v) is 3.20. The highest BCUT2D eigenvalue weighted by atomic mass is 32.2. The molecule has 6 heteroatoms. The van der Waals surface area contributed by atoms with E-state index in [2.05, 4.69) is 4.99 Å². The lowest BCUT2D eigenvalue weighted by atomic mass is 10.0. The van der Waals surface area contributed by atoms with Crippen molar-refractivity contribution in [3.8, 4) is 0 Å². The Kier molecular flexibility index (Phi) is 6.35. The molecule has 0 aliphatic heterocycles. The molecule has 1 atom stereocenters. The fourth-order valence-corrected chi connectivity index (χ4v) is 1.91. The van der Waals surface area contributed by atoms with Crippen molar-refractivity contribution in [3.63, 3.8) is 0 Å². The number of nitrogens with two attached hydrogens (primary N) is 2. The molecule has 88 valence electrons. The van der Waals surface area contributed by atoms with Crippen LogP contribution in [0.15, 0.2) is 4.99 Å². The van der Waals surface area contributed by atoms with Crippen molar-refractivity contribution < 1.29 is 9.90 Å². The van der Waals surface area contributed by atoms with E-state index in [-0.39, 0.29) is 0 Å². The van der Waals surface area contributed by atoms with Gasteiger partial charge < -0.3 is 16.6 Å². The quantitative estimate of drug-likeness (QED) is 0.333. The van der Waals surface area contributed by atoms with Crippen LogP contribution in [0.25, 0.3) is 0 Å². The maximum Gasteiger partial charge on any atom is 0.324 e. The minimum atomic E-state index is -1.12. The van der Waals surface area contributed by atoms with E-state index in [0.29, 0.717) is 24.6 Å². The van der Waals surface area contributed by atoms with Crippen molar-refractivity contribution in [2.45, 2.75) is 25.8 Å². The van der Waals surface area contributed by atoms with Gasteiger partial charge in [-0.3, -0.25) is 9.79 Å². The van der Waals surface area contributed by atoms with E-state index < -0.39 is 11.5 Å². The van der Waals surface area contributed by atoms with E-state index in [9.17, 15) is 4.79 Å².